The number of hydrogen-bond donors (Lipinski definition) is 1. The molecule has 2 nitrogen and oxygen atoms in total. The first-order valence-corrected chi connectivity index (χ1v) is 6.43. The number of hydrogen-bond acceptors (Lipinski definition) is 3. The molecule has 2 aromatic rings. The molecule has 16 heavy (non-hydrogen) atoms. The molecule has 0 unspecified atom stereocenters. The van der Waals surface area contributed by atoms with Gasteiger partial charge in [0.05, 0.1) is 5.01 Å². The Morgan fingerprint density at radius 3 is 2.88 bits per heavy atom. The maximum Gasteiger partial charge on any atom is 0.132 e. The minimum atomic E-state index is -0.303. The van der Waals surface area contributed by atoms with Crippen LogP contribution in [0.15, 0.2) is 22.7 Å². The maximum absolute atomic E-state index is 13.6. The normalized spacial score (nSPS) is 10.7. The van der Waals surface area contributed by atoms with Crippen molar-refractivity contribution in [3.8, 4) is 11.3 Å². The Hall–Kier alpha value is -0.940. The molecular formula is C11H10BrFN2S. The molecular weight excluding hydrogens is 291 g/mol. The summed E-state index contributed by atoms with van der Waals surface area (Å²) in [6.07, 6.45) is 0.810. The van der Waals surface area contributed by atoms with Crippen molar-refractivity contribution < 1.29 is 4.39 Å². The van der Waals surface area contributed by atoms with Crippen LogP contribution >= 0.6 is 27.3 Å². The van der Waals surface area contributed by atoms with Gasteiger partial charge in [0.2, 0.25) is 0 Å². The Labute approximate surface area is 105 Å². The minimum absolute atomic E-state index is 0.303. The van der Waals surface area contributed by atoms with Crippen LogP contribution in [0.1, 0.15) is 11.9 Å². The van der Waals surface area contributed by atoms with Crippen molar-refractivity contribution in [3.05, 3.63) is 33.5 Å². The molecule has 0 saturated carbocycles. The Kier molecular flexibility index (Phi) is 3.25. The first-order valence-electron chi connectivity index (χ1n) is 4.82. The smallest absolute Gasteiger partial charge is 0.132 e. The number of nitrogens with zero attached hydrogens (tertiary/aromatic N) is 1. The third kappa shape index (κ3) is 2.10. The molecule has 1 aromatic carbocycles. The molecule has 0 bridgehead atoms. The fourth-order valence-corrected chi connectivity index (χ4v) is 2.55. The van der Waals surface area contributed by atoms with Gasteiger partial charge >= 0.3 is 0 Å². The van der Waals surface area contributed by atoms with E-state index in [1.807, 2.05) is 6.92 Å². The number of benzene rings is 1. The van der Waals surface area contributed by atoms with Gasteiger partial charge in [0.15, 0.2) is 0 Å². The van der Waals surface area contributed by atoms with Gasteiger partial charge in [-0.2, -0.15) is 0 Å². The number of nitrogen functional groups attached to an aromatic ring is 1. The van der Waals surface area contributed by atoms with Gasteiger partial charge in [0, 0.05) is 10.0 Å². The third-order valence-corrected chi connectivity index (χ3v) is 3.71. The molecule has 0 radical (unpaired) electrons. The van der Waals surface area contributed by atoms with Gasteiger partial charge in [0.25, 0.3) is 0 Å². The highest BCUT2D eigenvalue weighted by Crippen LogP contribution is 2.33. The Morgan fingerprint density at radius 1 is 1.50 bits per heavy atom. The molecule has 5 heteroatoms. The zero-order valence-corrected chi connectivity index (χ0v) is 11.0. The standard InChI is InChI=1S/C11H10BrFN2S/c1-2-9-15-10(11(14)16-9)7-5-6(12)3-4-8(7)13/h3-5H,2,14H2,1H3. The van der Waals surface area contributed by atoms with Crippen molar-refractivity contribution in [1.82, 2.24) is 4.98 Å². The van der Waals surface area contributed by atoms with E-state index in [4.69, 9.17) is 5.73 Å². The van der Waals surface area contributed by atoms with Gasteiger partial charge in [0.1, 0.15) is 16.5 Å². The molecule has 84 valence electrons. The summed E-state index contributed by atoms with van der Waals surface area (Å²) < 4.78 is 14.5. The first kappa shape index (κ1) is 11.5. The van der Waals surface area contributed by atoms with Crippen LogP contribution in [-0.4, -0.2) is 4.98 Å². The molecule has 2 N–H and O–H groups in total. The van der Waals surface area contributed by atoms with Crippen molar-refractivity contribution in [2.75, 3.05) is 5.73 Å². The van der Waals surface area contributed by atoms with Gasteiger partial charge in [-0.3, -0.25) is 0 Å². The van der Waals surface area contributed by atoms with Gasteiger partial charge in [-0.15, -0.1) is 11.3 Å². The quantitative estimate of drug-likeness (QED) is 0.915. The fraction of sp³-hybridized carbons (Fsp3) is 0.182. The molecule has 2 rings (SSSR count). The van der Waals surface area contributed by atoms with Crippen molar-refractivity contribution in [2.24, 2.45) is 0 Å². The van der Waals surface area contributed by atoms with E-state index in [0.717, 1.165) is 15.9 Å². The summed E-state index contributed by atoms with van der Waals surface area (Å²) in [5.74, 6) is -0.303. The summed E-state index contributed by atoms with van der Waals surface area (Å²) >= 11 is 4.72. The molecule has 0 amide bonds. The van der Waals surface area contributed by atoms with Crippen LogP contribution in [0.4, 0.5) is 9.39 Å². The molecule has 1 aromatic heterocycles. The molecule has 1 heterocycles. The highest BCUT2D eigenvalue weighted by Gasteiger charge is 2.13. The van der Waals surface area contributed by atoms with Crippen molar-refractivity contribution in [2.45, 2.75) is 13.3 Å². The Balaban J connectivity index is 2.57. The van der Waals surface area contributed by atoms with Gasteiger partial charge in [-0.05, 0) is 24.6 Å². The number of nitrogens with two attached hydrogens (primary N) is 1. The van der Waals surface area contributed by atoms with Crippen LogP contribution in [0.25, 0.3) is 11.3 Å². The van der Waals surface area contributed by atoms with E-state index in [9.17, 15) is 4.39 Å². The number of aromatic nitrogens is 1. The summed E-state index contributed by atoms with van der Waals surface area (Å²) in [7, 11) is 0. The highest BCUT2D eigenvalue weighted by molar-refractivity contribution is 9.10. The molecule has 0 aliphatic heterocycles. The van der Waals surface area contributed by atoms with Gasteiger partial charge in [-0.1, -0.05) is 22.9 Å². The number of aryl methyl sites for hydroxylation is 1. The summed E-state index contributed by atoms with van der Waals surface area (Å²) in [5, 5.41) is 1.49. The van der Waals surface area contributed by atoms with E-state index >= 15 is 0 Å². The predicted molar refractivity (Wildman–Crippen MR) is 69.0 cm³/mol. The van der Waals surface area contributed by atoms with E-state index in [-0.39, 0.29) is 5.82 Å². The monoisotopic (exact) mass is 300 g/mol. The van der Waals surface area contributed by atoms with Crippen LogP contribution in [0, 0.1) is 5.82 Å². The third-order valence-electron chi connectivity index (χ3n) is 2.18. The van der Waals surface area contributed by atoms with Crippen LogP contribution < -0.4 is 5.73 Å². The molecule has 0 atom stereocenters. The summed E-state index contributed by atoms with van der Waals surface area (Å²) in [4.78, 5) is 4.33. The van der Waals surface area contributed by atoms with E-state index in [2.05, 4.69) is 20.9 Å². The average molecular weight is 301 g/mol. The van der Waals surface area contributed by atoms with Crippen molar-refractivity contribution in [3.63, 3.8) is 0 Å². The largest absolute Gasteiger partial charge is 0.389 e. The molecule has 0 aliphatic rings. The minimum Gasteiger partial charge on any atom is -0.389 e. The second kappa shape index (κ2) is 4.51. The number of thiazole rings is 1. The second-order valence-corrected chi connectivity index (χ2v) is 5.33. The average Bonchev–Trinajstić information content (AvgIpc) is 2.63. The SMILES string of the molecule is CCc1nc(-c2cc(Br)ccc2F)c(N)s1. The highest BCUT2D eigenvalue weighted by atomic mass is 79.9. The van der Waals surface area contributed by atoms with Crippen molar-refractivity contribution >= 4 is 32.3 Å². The topological polar surface area (TPSA) is 38.9 Å². The van der Waals surface area contributed by atoms with E-state index in [1.54, 1.807) is 12.1 Å². The lowest BCUT2D eigenvalue weighted by molar-refractivity contribution is 0.630. The summed E-state index contributed by atoms with van der Waals surface area (Å²) in [5.41, 5.74) is 6.83. The van der Waals surface area contributed by atoms with Gasteiger partial charge < -0.3 is 5.73 Å². The molecule has 0 saturated heterocycles. The van der Waals surface area contributed by atoms with Crippen LogP contribution in [0.3, 0.4) is 0 Å². The van der Waals surface area contributed by atoms with E-state index in [0.29, 0.717) is 16.3 Å². The first-order chi connectivity index (χ1) is 7.61. The summed E-state index contributed by atoms with van der Waals surface area (Å²) in [6, 6.07) is 4.76. The van der Waals surface area contributed by atoms with E-state index < -0.39 is 0 Å². The number of rotatable bonds is 2. The lowest BCUT2D eigenvalue weighted by Gasteiger charge is -2.01. The summed E-state index contributed by atoms with van der Waals surface area (Å²) in [6.45, 7) is 2.00. The second-order valence-electron chi connectivity index (χ2n) is 3.30. The zero-order chi connectivity index (χ0) is 11.7. The van der Waals surface area contributed by atoms with Crippen LogP contribution in [-0.2, 0) is 6.42 Å². The number of anilines is 1. The lowest BCUT2D eigenvalue weighted by atomic mass is 10.1. The fourth-order valence-electron chi connectivity index (χ4n) is 1.40. The zero-order valence-electron chi connectivity index (χ0n) is 8.63. The molecule has 0 spiro atoms. The predicted octanol–water partition coefficient (Wildman–Crippen LogP) is 3.86. The molecule has 0 aliphatic carbocycles. The van der Waals surface area contributed by atoms with Crippen LogP contribution in [0.5, 0.6) is 0 Å². The number of halogens is 2. The van der Waals surface area contributed by atoms with Crippen molar-refractivity contribution in [1.29, 1.82) is 0 Å². The van der Waals surface area contributed by atoms with Crippen LogP contribution in [0.2, 0.25) is 0 Å². The maximum atomic E-state index is 13.6. The Morgan fingerprint density at radius 2 is 2.25 bits per heavy atom. The molecule has 0 fully saturated rings. The Bertz CT molecular complexity index is 525. The van der Waals surface area contributed by atoms with E-state index in [1.165, 1.54) is 17.4 Å². The lowest BCUT2D eigenvalue weighted by Crippen LogP contribution is -1.90. The van der Waals surface area contributed by atoms with Gasteiger partial charge in [-0.25, -0.2) is 9.37 Å².